The van der Waals surface area contributed by atoms with Gasteiger partial charge in [0.05, 0.1) is 29.0 Å². The number of aromatic nitrogens is 1. The summed E-state index contributed by atoms with van der Waals surface area (Å²) in [5.41, 5.74) is 3.40. The number of rotatable bonds is 6. The number of anilines is 1. The molecule has 168 valence electrons. The fraction of sp³-hybridized carbons (Fsp3) is 0.318. The van der Waals surface area contributed by atoms with Crippen LogP contribution in [0.25, 0.3) is 11.3 Å². The van der Waals surface area contributed by atoms with Crippen LogP contribution in [0.5, 0.6) is 0 Å². The Kier molecular flexibility index (Phi) is 6.78. The van der Waals surface area contributed by atoms with Gasteiger partial charge in [0.15, 0.2) is 5.76 Å². The van der Waals surface area contributed by atoms with E-state index in [9.17, 15) is 4.79 Å². The molecule has 3 aromatic rings. The van der Waals surface area contributed by atoms with Gasteiger partial charge in [0.1, 0.15) is 11.5 Å². The molecule has 2 aromatic heterocycles. The Bertz CT molecular complexity index is 1120. The first-order chi connectivity index (χ1) is 15.4. The van der Waals surface area contributed by atoms with E-state index in [2.05, 4.69) is 15.4 Å². The van der Waals surface area contributed by atoms with Gasteiger partial charge < -0.3 is 24.4 Å². The maximum Gasteiger partial charge on any atom is 0.261 e. The molecule has 2 N–H and O–H groups in total. The number of halogens is 1. The molecular weight excluding hydrogens is 450 g/mol. The van der Waals surface area contributed by atoms with Gasteiger partial charge in [-0.15, -0.1) is 11.3 Å². The zero-order chi connectivity index (χ0) is 22.7. The summed E-state index contributed by atoms with van der Waals surface area (Å²) in [7, 11) is 3.71. The van der Waals surface area contributed by atoms with Crippen molar-refractivity contribution in [1.29, 1.82) is 5.41 Å². The van der Waals surface area contributed by atoms with E-state index >= 15 is 0 Å². The van der Waals surface area contributed by atoms with Crippen molar-refractivity contribution in [2.45, 2.75) is 6.54 Å². The first-order valence-corrected chi connectivity index (χ1v) is 11.3. The lowest BCUT2D eigenvalue weighted by atomic mass is 10.0. The van der Waals surface area contributed by atoms with E-state index in [4.69, 9.17) is 26.3 Å². The number of ether oxygens (including phenoxy) is 1. The van der Waals surface area contributed by atoms with Crippen molar-refractivity contribution in [3.63, 3.8) is 0 Å². The van der Waals surface area contributed by atoms with E-state index in [-0.39, 0.29) is 12.5 Å². The maximum absolute atomic E-state index is 12.3. The van der Waals surface area contributed by atoms with Gasteiger partial charge in [0.2, 0.25) is 0 Å². The Morgan fingerprint density at radius 2 is 2.03 bits per heavy atom. The Morgan fingerprint density at radius 1 is 1.25 bits per heavy atom. The van der Waals surface area contributed by atoms with Crippen LogP contribution < -0.4 is 10.2 Å². The third-order valence-electron chi connectivity index (χ3n) is 5.13. The Balaban J connectivity index is 1.56. The topological polar surface area (TPSA) is 94.7 Å². The van der Waals surface area contributed by atoms with Crippen molar-refractivity contribution in [3.05, 3.63) is 56.9 Å². The molecule has 3 heterocycles. The average Bonchev–Trinajstić information content (AvgIpc) is 3.46. The molecule has 1 fully saturated rings. The zero-order valence-corrected chi connectivity index (χ0v) is 19.4. The lowest BCUT2D eigenvalue weighted by molar-refractivity contribution is 0.0951. The van der Waals surface area contributed by atoms with Crippen molar-refractivity contribution < 1.29 is 14.1 Å². The highest BCUT2D eigenvalue weighted by Crippen LogP contribution is 2.32. The molecule has 32 heavy (non-hydrogen) atoms. The number of hydrogen-bond acceptors (Lipinski definition) is 7. The van der Waals surface area contributed by atoms with Crippen molar-refractivity contribution in [2.75, 3.05) is 45.3 Å². The van der Waals surface area contributed by atoms with E-state index in [0.29, 0.717) is 39.7 Å². The summed E-state index contributed by atoms with van der Waals surface area (Å²) < 4.78 is 11.6. The van der Waals surface area contributed by atoms with Crippen LogP contribution in [0.4, 0.5) is 5.69 Å². The molecule has 1 saturated heterocycles. The van der Waals surface area contributed by atoms with Gasteiger partial charge in [-0.2, -0.15) is 0 Å². The second-order valence-electron chi connectivity index (χ2n) is 7.54. The molecule has 1 aliphatic heterocycles. The van der Waals surface area contributed by atoms with Crippen molar-refractivity contribution in [3.8, 4) is 11.3 Å². The standard InChI is InChI=1S/C22H24ClN5O3S/c1-27(2)21(24)14-3-4-16(18(11-14)28-7-9-30-10-8-28)17-12-15(31-26-17)13-25-22(29)19-5-6-20(23)32-19/h3-6,11-12,24H,7-10,13H2,1-2H3,(H,25,29). The number of nitrogens with zero attached hydrogens (tertiary/aromatic N) is 3. The third kappa shape index (κ3) is 4.95. The van der Waals surface area contributed by atoms with Crippen LogP contribution in [0.2, 0.25) is 4.34 Å². The minimum absolute atomic E-state index is 0.208. The summed E-state index contributed by atoms with van der Waals surface area (Å²) in [5, 5.41) is 15.4. The molecule has 10 heteroatoms. The Hall–Kier alpha value is -2.88. The second kappa shape index (κ2) is 9.72. The SMILES string of the molecule is CN(C)C(=N)c1ccc(-c2cc(CNC(=O)c3ccc(Cl)s3)on2)c(N2CCOCC2)c1. The van der Waals surface area contributed by atoms with Crippen molar-refractivity contribution in [2.24, 2.45) is 0 Å². The highest BCUT2D eigenvalue weighted by Gasteiger charge is 2.20. The fourth-order valence-corrected chi connectivity index (χ4v) is 4.39. The quantitative estimate of drug-likeness (QED) is 0.418. The normalized spacial score (nSPS) is 13.8. The van der Waals surface area contributed by atoms with E-state index < -0.39 is 0 Å². The number of carbonyl (C=O) groups excluding carboxylic acids is 1. The average molecular weight is 474 g/mol. The van der Waals surface area contributed by atoms with Crippen LogP contribution in [0, 0.1) is 5.41 Å². The monoisotopic (exact) mass is 473 g/mol. The van der Waals surface area contributed by atoms with Gasteiger partial charge in [-0.1, -0.05) is 22.8 Å². The van der Waals surface area contributed by atoms with Gasteiger partial charge in [0.25, 0.3) is 5.91 Å². The number of carbonyl (C=O) groups is 1. The first-order valence-electron chi connectivity index (χ1n) is 10.1. The number of morpholine rings is 1. The summed E-state index contributed by atoms with van der Waals surface area (Å²) in [6.07, 6.45) is 0. The van der Waals surface area contributed by atoms with Gasteiger partial charge >= 0.3 is 0 Å². The molecule has 0 spiro atoms. The molecule has 0 aliphatic carbocycles. The van der Waals surface area contributed by atoms with Crippen LogP contribution in [0.3, 0.4) is 0 Å². The molecule has 0 atom stereocenters. The van der Waals surface area contributed by atoms with E-state index in [1.54, 1.807) is 17.0 Å². The lowest BCUT2D eigenvalue weighted by Crippen LogP contribution is -2.36. The number of amides is 1. The fourth-order valence-electron chi connectivity index (χ4n) is 3.43. The Morgan fingerprint density at radius 3 is 2.72 bits per heavy atom. The van der Waals surface area contributed by atoms with Gasteiger partial charge in [0, 0.05) is 50.1 Å². The minimum Gasteiger partial charge on any atom is -0.378 e. The summed E-state index contributed by atoms with van der Waals surface area (Å²) >= 11 is 7.13. The van der Waals surface area contributed by atoms with Crippen LogP contribution in [0.1, 0.15) is 21.0 Å². The third-order valence-corrected chi connectivity index (χ3v) is 6.36. The number of benzene rings is 1. The molecule has 4 rings (SSSR count). The summed E-state index contributed by atoms with van der Waals surface area (Å²) in [6.45, 7) is 3.04. The van der Waals surface area contributed by atoms with Gasteiger partial charge in [-0.3, -0.25) is 10.2 Å². The van der Waals surface area contributed by atoms with E-state index in [1.165, 1.54) is 11.3 Å². The summed E-state index contributed by atoms with van der Waals surface area (Å²) in [4.78, 5) is 16.8. The van der Waals surface area contributed by atoms with Crippen LogP contribution in [-0.4, -0.2) is 62.2 Å². The number of hydrogen-bond donors (Lipinski definition) is 2. The smallest absolute Gasteiger partial charge is 0.261 e. The minimum atomic E-state index is -0.208. The number of thiophene rings is 1. The maximum atomic E-state index is 12.3. The van der Waals surface area contributed by atoms with Crippen molar-refractivity contribution >= 4 is 40.4 Å². The summed E-state index contributed by atoms with van der Waals surface area (Å²) in [6, 6.07) is 11.1. The highest BCUT2D eigenvalue weighted by atomic mass is 35.5. The zero-order valence-electron chi connectivity index (χ0n) is 17.9. The first kappa shape index (κ1) is 22.3. The highest BCUT2D eigenvalue weighted by molar-refractivity contribution is 7.17. The van der Waals surface area contributed by atoms with Gasteiger partial charge in [-0.25, -0.2) is 0 Å². The van der Waals surface area contributed by atoms with Crippen LogP contribution in [0.15, 0.2) is 40.9 Å². The van der Waals surface area contributed by atoms with Crippen LogP contribution in [-0.2, 0) is 11.3 Å². The van der Waals surface area contributed by atoms with Crippen LogP contribution >= 0.6 is 22.9 Å². The summed E-state index contributed by atoms with van der Waals surface area (Å²) in [5.74, 6) is 0.776. The molecular formula is C22H24ClN5O3S. The molecule has 0 saturated carbocycles. The van der Waals surface area contributed by atoms with E-state index in [1.807, 2.05) is 38.4 Å². The predicted octanol–water partition coefficient (Wildman–Crippen LogP) is 3.71. The molecule has 1 amide bonds. The predicted molar refractivity (Wildman–Crippen MR) is 126 cm³/mol. The number of amidine groups is 1. The molecule has 1 aromatic carbocycles. The molecule has 0 radical (unpaired) electrons. The van der Waals surface area contributed by atoms with Crippen molar-refractivity contribution in [1.82, 2.24) is 15.4 Å². The Labute approximate surface area is 195 Å². The van der Waals surface area contributed by atoms with Gasteiger partial charge in [-0.05, 0) is 24.3 Å². The molecule has 0 unspecified atom stereocenters. The molecule has 1 aliphatic rings. The van der Waals surface area contributed by atoms with E-state index in [0.717, 1.165) is 29.9 Å². The molecule has 8 nitrogen and oxygen atoms in total. The largest absolute Gasteiger partial charge is 0.378 e. The second-order valence-corrected chi connectivity index (χ2v) is 9.25. The molecule has 0 bridgehead atoms. The number of nitrogens with one attached hydrogen (secondary N) is 2. The lowest BCUT2D eigenvalue weighted by Gasteiger charge is -2.31.